The van der Waals surface area contributed by atoms with Gasteiger partial charge in [-0.25, -0.2) is 0 Å². The summed E-state index contributed by atoms with van der Waals surface area (Å²) < 4.78 is 26.0. The van der Waals surface area contributed by atoms with Gasteiger partial charge in [-0.15, -0.1) is 0 Å². The fraction of sp³-hybridized carbons (Fsp3) is 1.00. The lowest BCUT2D eigenvalue weighted by Gasteiger charge is -2.41. The molecule has 0 amide bonds. The predicted octanol–water partition coefficient (Wildman–Crippen LogP) is 11.3. The predicted molar refractivity (Wildman–Crippen MR) is 174 cm³/mol. The lowest BCUT2D eigenvalue weighted by molar-refractivity contribution is 0.0132. The van der Waals surface area contributed by atoms with E-state index in [-0.39, 0.29) is 11.2 Å². The standard InChI is InChI=1S/2C16H36O2Si/c1-9-11-13-19(14-12-10-2,17-15(3,4)5)18-16(6,7)8;1-7-11-13-19(14-12-8-2,17-15(5)9-3)18-16(6)10-4/h9-14H2,1-8H3;15-16H,7-14H2,1-6H3. The van der Waals surface area contributed by atoms with Gasteiger partial charge < -0.3 is 17.7 Å². The molecule has 0 heterocycles. The monoisotopic (exact) mass is 576 g/mol. The summed E-state index contributed by atoms with van der Waals surface area (Å²) >= 11 is 0. The summed E-state index contributed by atoms with van der Waals surface area (Å²) in [5, 5.41) is 0. The first kappa shape index (κ1) is 40.4. The van der Waals surface area contributed by atoms with Crippen LogP contribution < -0.4 is 0 Å². The van der Waals surface area contributed by atoms with E-state index in [1.807, 2.05) is 0 Å². The maximum absolute atomic E-state index is 6.52. The number of hydrogen-bond acceptors (Lipinski definition) is 4. The van der Waals surface area contributed by atoms with Gasteiger partial charge in [0.05, 0.1) is 11.2 Å². The summed E-state index contributed by atoms with van der Waals surface area (Å²) in [7, 11) is -4.11. The van der Waals surface area contributed by atoms with E-state index in [4.69, 9.17) is 17.7 Å². The van der Waals surface area contributed by atoms with Crippen molar-refractivity contribution in [2.75, 3.05) is 0 Å². The third-order valence-electron chi connectivity index (χ3n) is 6.61. The Morgan fingerprint density at radius 1 is 0.474 bits per heavy atom. The van der Waals surface area contributed by atoms with Crippen molar-refractivity contribution in [3.05, 3.63) is 0 Å². The Kier molecular flexibility index (Phi) is 22.4. The first-order valence-corrected chi connectivity index (χ1v) is 20.8. The number of rotatable bonds is 20. The molecule has 4 nitrogen and oxygen atoms in total. The molecule has 38 heavy (non-hydrogen) atoms. The van der Waals surface area contributed by atoms with Gasteiger partial charge in [-0.3, -0.25) is 0 Å². The molecule has 0 aliphatic heterocycles. The molecular formula is C32H72O4Si2. The van der Waals surface area contributed by atoms with Crippen LogP contribution in [0.1, 0.15) is 161 Å². The lowest BCUT2D eigenvalue weighted by Crippen LogP contribution is -2.51. The van der Waals surface area contributed by atoms with E-state index in [9.17, 15) is 0 Å². The van der Waals surface area contributed by atoms with Crippen molar-refractivity contribution in [2.45, 2.75) is 209 Å². The van der Waals surface area contributed by atoms with Gasteiger partial charge in [-0.05, 0) is 92.4 Å². The largest absolute Gasteiger partial charge is 0.391 e. The van der Waals surface area contributed by atoms with Crippen molar-refractivity contribution < 1.29 is 17.7 Å². The molecule has 0 aromatic carbocycles. The van der Waals surface area contributed by atoms with Crippen LogP contribution in [0.25, 0.3) is 0 Å². The Morgan fingerprint density at radius 2 is 0.737 bits per heavy atom. The quantitative estimate of drug-likeness (QED) is 0.135. The van der Waals surface area contributed by atoms with E-state index in [1.165, 1.54) is 51.4 Å². The van der Waals surface area contributed by atoms with E-state index >= 15 is 0 Å². The van der Waals surface area contributed by atoms with E-state index < -0.39 is 17.1 Å². The van der Waals surface area contributed by atoms with E-state index in [1.54, 1.807) is 0 Å². The molecule has 232 valence electrons. The molecule has 0 aromatic rings. The van der Waals surface area contributed by atoms with Crippen LogP contribution >= 0.6 is 0 Å². The molecule has 0 bridgehead atoms. The zero-order chi connectivity index (χ0) is 29.9. The highest BCUT2D eigenvalue weighted by Crippen LogP contribution is 2.33. The van der Waals surface area contributed by atoms with Crippen molar-refractivity contribution in [1.82, 2.24) is 0 Å². The second kappa shape index (κ2) is 21.0. The molecule has 0 spiro atoms. The Hall–Kier alpha value is 0.274. The molecule has 0 saturated heterocycles. The van der Waals surface area contributed by atoms with E-state index in [2.05, 4.69) is 96.9 Å². The minimum absolute atomic E-state index is 0.112. The van der Waals surface area contributed by atoms with Gasteiger partial charge in [-0.1, -0.05) is 92.9 Å². The molecule has 0 rings (SSSR count). The molecule has 0 fully saturated rings. The highest BCUT2D eigenvalue weighted by Gasteiger charge is 2.43. The number of unbranched alkanes of at least 4 members (excludes halogenated alkanes) is 4. The highest BCUT2D eigenvalue weighted by atomic mass is 28.4. The molecule has 6 heteroatoms. The van der Waals surface area contributed by atoms with Crippen LogP contribution in [0.4, 0.5) is 0 Å². The van der Waals surface area contributed by atoms with Gasteiger partial charge in [0.15, 0.2) is 0 Å². The summed E-state index contributed by atoms with van der Waals surface area (Å²) in [6.07, 6.45) is 12.6. The van der Waals surface area contributed by atoms with Crippen LogP contribution in [0.2, 0.25) is 24.2 Å². The Labute approximate surface area is 243 Å². The fourth-order valence-corrected chi connectivity index (χ4v) is 13.6. The van der Waals surface area contributed by atoms with E-state index in [0.717, 1.165) is 37.0 Å². The maximum atomic E-state index is 6.52. The van der Waals surface area contributed by atoms with Crippen molar-refractivity contribution in [3.8, 4) is 0 Å². The fourth-order valence-electron chi connectivity index (χ4n) is 4.54. The van der Waals surface area contributed by atoms with Gasteiger partial charge >= 0.3 is 17.1 Å². The molecule has 0 aromatic heterocycles. The zero-order valence-electron chi connectivity index (χ0n) is 28.7. The molecule has 2 unspecified atom stereocenters. The van der Waals surface area contributed by atoms with E-state index in [0.29, 0.717) is 12.2 Å². The highest BCUT2D eigenvalue weighted by molar-refractivity contribution is 6.68. The van der Waals surface area contributed by atoms with Gasteiger partial charge in [0.25, 0.3) is 0 Å². The van der Waals surface area contributed by atoms with Crippen LogP contribution in [0.3, 0.4) is 0 Å². The van der Waals surface area contributed by atoms with Crippen LogP contribution in [0, 0.1) is 0 Å². The topological polar surface area (TPSA) is 36.9 Å². The van der Waals surface area contributed by atoms with Crippen molar-refractivity contribution in [3.63, 3.8) is 0 Å². The summed E-state index contributed by atoms with van der Waals surface area (Å²) in [5.74, 6) is 0. The van der Waals surface area contributed by atoms with Crippen molar-refractivity contribution >= 4 is 17.1 Å². The van der Waals surface area contributed by atoms with Gasteiger partial charge in [0.1, 0.15) is 0 Å². The maximum Gasteiger partial charge on any atom is 0.338 e. The molecule has 0 aliphatic rings. The van der Waals surface area contributed by atoms with Gasteiger partial charge in [0.2, 0.25) is 0 Å². The molecule has 2 atom stereocenters. The first-order valence-electron chi connectivity index (χ1n) is 16.3. The average Bonchev–Trinajstić information content (AvgIpc) is 2.81. The summed E-state index contributed by atoms with van der Waals surface area (Å²) in [6.45, 7) is 30.7. The van der Waals surface area contributed by atoms with Crippen LogP contribution in [0.15, 0.2) is 0 Å². The second-order valence-electron chi connectivity index (χ2n) is 13.3. The molecular weight excluding hydrogens is 505 g/mol. The molecule has 0 radical (unpaired) electrons. The van der Waals surface area contributed by atoms with Crippen molar-refractivity contribution in [1.29, 1.82) is 0 Å². The Bertz CT molecular complexity index is 495. The lowest BCUT2D eigenvalue weighted by atomic mass is 10.2. The molecule has 0 N–H and O–H groups in total. The minimum atomic E-state index is -2.11. The minimum Gasteiger partial charge on any atom is -0.391 e. The third-order valence-corrected chi connectivity index (χ3v) is 14.7. The van der Waals surface area contributed by atoms with Crippen LogP contribution in [-0.2, 0) is 17.7 Å². The average molecular weight is 577 g/mol. The van der Waals surface area contributed by atoms with Crippen LogP contribution in [0.5, 0.6) is 0 Å². The smallest absolute Gasteiger partial charge is 0.338 e. The van der Waals surface area contributed by atoms with Crippen LogP contribution in [-0.4, -0.2) is 40.5 Å². The Morgan fingerprint density at radius 3 is 0.947 bits per heavy atom. The summed E-state index contributed by atoms with van der Waals surface area (Å²) in [5.41, 5.74) is -0.224. The Balaban J connectivity index is 0. The summed E-state index contributed by atoms with van der Waals surface area (Å²) in [6, 6.07) is 4.58. The second-order valence-corrected chi connectivity index (χ2v) is 19.9. The van der Waals surface area contributed by atoms with Gasteiger partial charge in [-0.2, -0.15) is 0 Å². The first-order chi connectivity index (χ1) is 17.6. The number of hydrogen-bond donors (Lipinski definition) is 0. The van der Waals surface area contributed by atoms with Gasteiger partial charge in [0, 0.05) is 12.2 Å². The molecule has 0 aliphatic carbocycles. The normalized spacial score (nSPS) is 14.7. The SMILES string of the molecule is CCCC[Si](CCCC)(OC(C)(C)C)OC(C)(C)C.CCCC[Si](CCCC)(OC(C)CC)OC(C)CC. The molecule has 0 saturated carbocycles. The zero-order valence-corrected chi connectivity index (χ0v) is 30.7. The van der Waals surface area contributed by atoms with Crippen molar-refractivity contribution in [2.24, 2.45) is 0 Å². The summed E-state index contributed by atoms with van der Waals surface area (Å²) in [4.78, 5) is 0. The third kappa shape index (κ3) is 21.1.